The molecule has 1 heterocycles. The summed E-state index contributed by atoms with van der Waals surface area (Å²) < 4.78 is 5.40. The van der Waals surface area contributed by atoms with E-state index >= 15 is 0 Å². The molecule has 19 heteroatoms. The molecule has 0 saturated carbocycles. The molecule has 0 bridgehead atoms. The Hall–Kier alpha value is -6.37. The van der Waals surface area contributed by atoms with Crippen LogP contribution in [0.1, 0.15) is 93.2 Å². The van der Waals surface area contributed by atoms with Crippen LogP contribution in [0, 0.1) is 29.6 Å². The SMILES string of the molecule is CC(C)/C=C/C/C=C\c1ccccc1/C=C/C(=O)N[C@H](C)C(=O)N[C@@H]1COC(=O)[C@H]([C@H](C)C(=O)O)NC(=O)[C@H](CNC(=O)[C@@H](N)C(C)C)NC(=O)[C@H](C(C)C)NC(=O)[C@@H](CC(C)C)NC1=O. The average molecular weight is 923 g/mol. The van der Waals surface area contributed by atoms with E-state index in [9.17, 15) is 48.3 Å². The molecular formula is C47H70N8O11. The summed E-state index contributed by atoms with van der Waals surface area (Å²) in [6.45, 7) is 15.3. The van der Waals surface area contributed by atoms with Crippen molar-refractivity contribution in [2.75, 3.05) is 13.2 Å². The third-order valence-electron chi connectivity index (χ3n) is 10.4. The van der Waals surface area contributed by atoms with E-state index in [1.54, 1.807) is 47.6 Å². The standard InChI is InChI=1S/C47H70N8O11/c1-25(2)16-12-11-13-17-31-18-14-15-19-32(31)20-21-36(56)50-30(10)40(57)53-35-24-66-47(65)39(29(9)46(63)64)55-42(59)34(23-49-44(61)37(48)27(5)6)52-45(62)38(28(7)8)54-41(58)33(22-26(3)4)51-43(35)60/h12-21,25-30,33-35,37-39H,11,22-24,48H2,1-10H3,(H,49,61)(H,50,56)(H,51,60)(H,52,62)(H,53,57)(H,54,58)(H,55,59)(H,63,64)/b16-12+,17-13-,21-20+/t29-,30+,33+,34-,35+,37-,38-,39-/m0/s1. The number of nitrogens with two attached hydrogens (primary N) is 1. The predicted molar refractivity (Wildman–Crippen MR) is 248 cm³/mol. The lowest BCUT2D eigenvalue weighted by atomic mass is 9.99. The van der Waals surface area contributed by atoms with Crippen molar-refractivity contribution in [2.24, 2.45) is 35.3 Å². The smallest absolute Gasteiger partial charge is 0.329 e. The van der Waals surface area contributed by atoms with E-state index in [2.05, 4.69) is 63.2 Å². The fraction of sp³-hybridized carbons (Fsp3) is 0.553. The van der Waals surface area contributed by atoms with Crippen molar-refractivity contribution in [1.82, 2.24) is 37.2 Å². The highest BCUT2D eigenvalue weighted by Crippen LogP contribution is 2.15. The molecule has 8 atom stereocenters. The highest BCUT2D eigenvalue weighted by molar-refractivity contribution is 5.99. The lowest BCUT2D eigenvalue weighted by Gasteiger charge is -2.30. The number of rotatable bonds is 18. The Labute approximate surface area is 387 Å². The number of cyclic esters (lactones) is 1. The molecule has 1 fully saturated rings. The molecule has 364 valence electrons. The Kier molecular flexibility index (Phi) is 23.0. The Balaban J connectivity index is 2.50. The van der Waals surface area contributed by atoms with Crippen LogP contribution >= 0.6 is 0 Å². The first-order valence-corrected chi connectivity index (χ1v) is 22.3. The van der Waals surface area contributed by atoms with Gasteiger partial charge in [-0.1, -0.05) is 104 Å². The van der Waals surface area contributed by atoms with Gasteiger partial charge in [0.05, 0.1) is 12.0 Å². The average Bonchev–Trinajstić information content (AvgIpc) is 3.24. The van der Waals surface area contributed by atoms with Gasteiger partial charge in [0.15, 0.2) is 0 Å². The van der Waals surface area contributed by atoms with Crippen LogP contribution in [0.2, 0.25) is 0 Å². The number of carboxylic acids is 1. The third-order valence-corrected chi connectivity index (χ3v) is 10.4. The van der Waals surface area contributed by atoms with E-state index in [0.717, 1.165) is 24.5 Å². The first-order valence-electron chi connectivity index (χ1n) is 22.3. The minimum Gasteiger partial charge on any atom is -0.481 e. The fourth-order valence-electron chi connectivity index (χ4n) is 6.31. The van der Waals surface area contributed by atoms with E-state index in [1.165, 1.54) is 13.0 Å². The molecule has 1 aromatic rings. The maximum atomic E-state index is 14.0. The molecule has 2 rings (SSSR count). The Morgan fingerprint density at radius 2 is 1.36 bits per heavy atom. The Morgan fingerprint density at radius 3 is 1.94 bits per heavy atom. The Bertz CT molecular complexity index is 1980. The van der Waals surface area contributed by atoms with Gasteiger partial charge in [0.25, 0.3) is 0 Å². The van der Waals surface area contributed by atoms with E-state index in [0.29, 0.717) is 5.92 Å². The normalized spacial score (nSPS) is 21.9. The van der Waals surface area contributed by atoms with Gasteiger partial charge in [-0.05, 0) is 67.6 Å². The summed E-state index contributed by atoms with van der Waals surface area (Å²) >= 11 is 0. The van der Waals surface area contributed by atoms with Crippen LogP contribution in [-0.2, 0) is 47.9 Å². The van der Waals surface area contributed by atoms with Gasteiger partial charge in [0, 0.05) is 12.6 Å². The summed E-state index contributed by atoms with van der Waals surface area (Å²) in [5.41, 5.74) is 7.56. The first kappa shape index (κ1) is 55.8. The number of aliphatic carboxylic acids is 1. The van der Waals surface area contributed by atoms with Crippen LogP contribution in [0.25, 0.3) is 12.2 Å². The minimum atomic E-state index is -1.92. The summed E-state index contributed by atoms with van der Waals surface area (Å²) in [7, 11) is 0. The molecule has 19 nitrogen and oxygen atoms in total. The van der Waals surface area contributed by atoms with Crippen LogP contribution in [0.5, 0.6) is 0 Å². The summed E-state index contributed by atoms with van der Waals surface area (Å²) in [5.74, 6) is -11.2. The zero-order valence-corrected chi connectivity index (χ0v) is 39.6. The topological polar surface area (TPSA) is 293 Å². The number of esters is 1. The van der Waals surface area contributed by atoms with Gasteiger partial charge in [-0.2, -0.15) is 0 Å². The molecule has 66 heavy (non-hydrogen) atoms. The van der Waals surface area contributed by atoms with Crippen molar-refractivity contribution in [3.05, 3.63) is 59.7 Å². The molecule has 0 aliphatic carbocycles. The highest BCUT2D eigenvalue weighted by atomic mass is 16.5. The minimum absolute atomic E-state index is 0.0444. The molecule has 0 spiro atoms. The molecule has 1 saturated heterocycles. The van der Waals surface area contributed by atoms with Gasteiger partial charge in [-0.25, -0.2) is 4.79 Å². The second kappa shape index (κ2) is 27.2. The van der Waals surface area contributed by atoms with E-state index < -0.39 is 121 Å². The highest BCUT2D eigenvalue weighted by Gasteiger charge is 2.39. The van der Waals surface area contributed by atoms with Gasteiger partial charge >= 0.3 is 11.9 Å². The number of benzene rings is 1. The summed E-state index contributed by atoms with van der Waals surface area (Å²) in [5, 5.41) is 27.4. The number of carbonyl (C=O) groups excluding carboxylic acids is 8. The van der Waals surface area contributed by atoms with Crippen LogP contribution in [0.4, 0.5) is 0 Å². The number of hydrogen-bond donors (Lipinski definition) is 9. The van der Waals surface area contributed by atoms with Gasteiger partial charge < -0.3 is 52.8 Å². The Morgan fingerprint density at radius 1 is 0.773 bits per heavy atom. The van der Waals surface area contributed by atoms with Crippen molar-refractivity contribution < 1.29 is 53.0 Å². The van der Waals surface area contributed by atoms with Gasteiger partial charge in [0.1, 0.15) is 42.9 Å². The molecule has 0 aromatic heterocycles. The van der Waals surface area contributed by atoms with Crippen molar-refractivity contribution in [3.63, 3.8) is 0 Å². The number of allylic oxidation sites excluding steroid dienone is 3. The number of amides is 7. The van der Waals surface area contributed by atoms with Crippen molar-refractivity contribution >= 4 is 65.4 Å². The van der Waals surface area contributed by atoms with E-state index in [4.69, 9.17) is 10.5 Å². The summed E-state index contributed by atoms with van der Waals surface area (Å²) in [6, 6.07) is -2.76. The zero-order chi connectivity index (χ0) is 49.8. The van der Waals surface area contributed by atoms with Crippen LogP contribution in [-0.4, -0.2) is 114 Å². The van der Waals surface area contributed by atoms with Crippen LogP contribution < -0.4 is 43.0 Å². The zero-order valence-electron chi connectivity index (χ0n) is 39.6. The molecular weight excluding hydrogens is 853 g/mol. The van der Waals surface area contributed by atoms with E-state index in [-0.39, 0.29) is 18.3 Å². The molecule has 0 unspecified atom stereocenters. The van der Waals surface area contributed by atoms with E-state index in [1.807, 2.05) is 36.4 Å². The van der Waals surface area contributed by atoms with Crippen LogP contribution in [0.15, 0.2) is 48.6 Å². The van der Waals surface area contributed by atoms with Crippen molar-refractivity contribution in [2.45, 2.75) is 124 Å². The van der Waals surface area contributed by atoms with Gasteiger partial charge in [-0.3, -0.25) is 38.4 Å². The number of ether oxygens (including phenoxy) is 1. The summed E-state index contributed by atoms with van der Waals surface area (Å²) in [4.78, 5) is 121. The molecule has 0 radical (unpaired) electrons. The van der Waals surface area contributed by atoms with Crippen molar-refractivity contribution in [1.29, 1.82) is 0 Å². The number of carboxylic acid groups (broad SMARTS) is 1. The number of hydrogen-bond acceptors (Lipinski definition) is 11. The molecule has 1 aromatic carbocycles. The maximum Gasteiger partial charge on any atom is 0.329 e. The number of carbonyl (C=O) groups is 9. The van der Waals surface area contributed by atoms with Crippen LogP contribution in [0.3, 0.4) is 0 Å². The number of nitrogens with one attached hydrogen (secondary N) is 7. The monoisotopic (exact) mass is 923 g/mol. The van der Waals surface area contributed by atoms with Crippen molar-refractivity contribution in [3.8, 4) is 0 Å². The molecule has 1 aliphatic heterocycles. The lowest BCUT2D eigenvalue weighted by Crippen LogP contribution is -2.63. The quantitative estimate of drug-likeness (QED) is 0.0573. The second-order valence-electron chi connectivity index (χ2n) is 17.8. The molecule has 1 aliphatic rings. The molecule has 10 N–H and O–H groups in total. The first-order chi connectivity index (χ1) is 30.9. The fourth-order valence-corrected chi connectivity index (χ4v) is 6.31. The summed E-state index contributed by atoms with van der Waals surface area (Å²) in [6.07, 6.45) is 11.7. The largest absolute Gasteiger partial charge is 0.481 e. The lowest BCUT2D eigenvalue weighted by molar-refractivity contribution is -0.157. The maximum absolute atomic E-state index is 14.0. The predicted octanol–water partition coefficient (Wildman–Crippen LogP) is 1.32. The van der Waals surface area contributed by atoms with Gasteiger partial charge in [0.2, 0.25) is 41.4 Å². The third kappa shape index (κ3) is 18.6. The molecule has 7 amide bonds. The van der Waals surface area contributed by atoms with Gasteiger partial charge in [-0.15, -0.1) is 0 Å². The second-order valence-corrected chi connectivity index (χ2v) is 17.8.